The second-order valence-corrected chi connectivity index (χ2v) is 6.62. The van der Waals surface area contributed by atoms with Crippen molar-refractivity contribution < 1.29 is 23.5 Å². The van der Waals surface area contributed by atoms with E-state index < -0.39 is 5.97 Å². The first-order valence-corrected chi connectivity index (χ1v) is 9.29. The predicted octanol–water partition coefficient (Wildman–Crippen LogP) is 3.66. The molecule has 0 unspecified atom stereocenters. The summed E-state index contributed by atoms with van der Waals surface area (Å²) in [6.07, 6.45) is 1.66. The zero-order chi connectivity index (χ0) is 19.9. The molecule has 2 aromatic rings. The minimum absolute atomic E-state index is 0.218. The maximum absolute atomic E-state index is 13.0. The molecule has 8 heteroatoms. The van der Waals surface area contributed by atoms with Gasteiger partial charge in [-0.3, -0.25) is 4.79 Å². The fourth-order valence-corrected chi connectivity index (χ4v) is 3.16. The van der Waals surface area contributed by atoms with Gasteiger partial charge in [0.15, 0.2) is 11.8 Å². The molecule has 0 spiro atoms. The number of hydrogen-bond donors (Lipinski definition) is 1. The third-order valence-electron chi connectivity index (χ3n) is 3.56. The lowest BCUT2D eigenvalue weighted by atomic mass is 10.2. The molecular weight excluding hydrogens is 383 g/mol. The number of amidine groups is 1. The second-order valence-electron chi connectivity index (χ2n) is 5.59. The summed E-state index contributed by atoms with van der Waals surface area (Å²) in [5.74, 6) is -0.662. The average Bonchev–Trinajstić information content (AvgIpc) is 3.02. The van der Waals surface area contributed by atoms with Crippen LogP contribution in [0.4, 0.5) is 10.1 Å². The molecule has 0 bridgehead atoms. The van der Waals surface area contributed by atoms with E-state index in [1.165, 1.54) is 24.3 Å². The number of carbonyl (C=O) groups is 2. The molecule has 28 heavy (non-hydrogen) atoms. The average molecular weight is 400 g/mol. The number of amides is 1. The summed E-state index contributed by atoms with van der Waals surface area (Å²) >= 11 is 1.16. The van der Waals surface area contributed by atoms with Crippen molar-refractivity contribution in [2.24, 2.45) is 4.99 Å². The van der Waals surface area contributed by atoms with Crippen molar-refractivity contribution in [3.05, 3.63) is 64.8 Å². The molecule has 1 aliphatic heterocycles. The molecule has 1 fully saturated rings. The fourth-order valence-electron chi connectivity index (χ4n) is 2.33. The summed E-state index contributed by atoms with van der Waals surface area (Å²) in [7, 11) is 0. The molecule has 1 N–H and O–H groups in total. The fraction of sp³-hybridized carbons (Fsp3) is 0.150. The summed E-state index contributed by atoms with van der Waals surface area (Å²) < 4.78 is 23.3. The van der Waals surface area contributed by atoms with E-state index in [-0.39, 0.29) is 24.9 Å². The van der Waals surface area contributed by atoms with E-state index in [0.29, 0.717) is 27.1 Å². The molecule has 0 aliphatic carbocycles. The number of thioether (sulfide) groups is 1. The Morgan fingerprint density at radius 2 is 1.96 bits per heavy atom. The minimum atomic E-state index is -0.466. The molecule has 0 atom stereocenters. The first-order valence-electron chi connectivity index (χ1n) is 8.48. The van der Waals surface area contributed by atoms with Crippen LogP contribution >= 0.6 is 11.8 Å². The van der Waals surface area contributed by atoms with Gasteiger partial charge in [-0.05, 0) is 55.1 Å². The highest BCUT2D eigenvalue weighted by Crippen LogP contribution is 2.30. The molecule has 1 aliphatic rings. The quantitative estimate of drug-likeness (QED) is 0.592. The van der Waals surface area contributed by atoms with Gasteiger partial charge in [0.05, 0.1) is 17.2 Å². The maximum Gasteiger partial charge on any atom is 0.344 e. The molecule has 0 saturated carbocycles. The first-order chi connectivity index (χ1) is 13.5. The summed E-state index contributed by atoms with van der Waals surface area (Å²) in [6.45, 7) is 1.78. The van der Waals surface area contributed by atoms with Crippen molar-refractivity contribution in [2.75, 3.05) is 13.2 Å². The van der Waals surface area contributed by atoms with Crippen molar-refractivity contribution in [2.45, 2.75) is 6.92 Å². The highest BCUT2D eigenvalue weighted by atomic mass is 32.2. The lowest BCUT2D eigenvalue weighted by molar-refractivity contribution is -0.145. The molecule has 2 aromatic carbocycles. The number of para-hydroxylation sites is 1. The van der Waals surface area contributed by atoms with Gasteiger partial charge in [0.25, 0.3) is 5.91 Å². The zero-order valence-corrected chi connectivity index (χ0v) is 15.8. The monoisotopic (exact) mass is 400 g/mol. The Morgan fingerprint density at radius 3 is 2.71 bits per heavy atom. The molecule has 6 nitrogen and oxygen atoms in total. The normalized spacial score (nSPS) is 16.3. The van der Waals surface area contributed by atoms with Crippen LogP contribution in [0.25, 0.3) is 6.08 Å². The van der Waals surface area contributed by atoms with E-state index >= 15 is 0 Å². The molecule has 0 radical (unpaired) electrons. The first kappa shape index (κ1) is 19.6. The third-order valence-corrected chi connectivity index (χ3v) is 4.47. The molecular formula is C20H17FN2O4S. The van der Waals surface area contributed by atoms with Crippen LogP contribution in [-0.2, 0) is 14.3 Å². The van der Waals surface area contributed by atoms with Gasteiger partial charge in [0, 0.05) is 5.56 Å². The Bertz CT molecular complexity index is 941. The number of halogens is 1. The number of hydrogen-bond acceptors (Lipinski definition) is 6. The number of nitrogens with one attached hydrogen (secondary N) is 1. The van der Waals surface area contributed by atoms with Crippen LogP contribution in [0, 0.1) is 5.82 Å². The Balaban J connectivity index is 1.75. The number of carbonyl (C=O) groups excluding carboxylic acids is 2. The topological polar surface area (TPSA) is 77.0 Å². The Hall–Kier alpha value is -3.13. The lowest BCUT2D eigenvalue weighted by Gasteiger charge is -2.08. The molecule has 1 heterocycles. The van der Waals surface area contributed by atoms with Crippen LogP contribution in [0.3, 0.4) is 0 Å². The van der Waals surface area contributed by atoms with Gasteiger partial charge in [-0.2, -0.15) is 0 Å². The second kappa shape index (κ2) is 9.18. The predicted molar refractivity (Wildman–Crippen MR) is 106 cm³/mol. The van der Waals surface area contributed by atoms with Crippen molar-refractivity contribution in [3.63, 3.8) is 0 Å². The standard InChI is InChI=1S/C20H17FN2O4S/c1-2-26-18(24)12-27-16-6-4-3-5-13(16)11-17-19(25)23-20(28-17)22-15-9-7-14(21)8-10-15/h3-11H,2,12H2,1H3,(H,22,23,25)/b17-11+. The van der Waals surface area contributed by atoms with Crippen LogP contribution in [0.5, 0.6) is 5.75 Å². The van der Waals surface area contributed by atoms with E-state index in [4.69, 9.17) is 9.47 Å². The summed E-state index contributed by atoms with van der Waals surface area (Å²) in [4.78, 5) is 28.4. The van der Waals surface area contributed by atoms with Crippen molar-refractivity contribution >= 4 is 40.6 Å². The Morgan fingerprint density at radius 1 is 1.21 bits per heavy atom. The number of nitrogens with zero attached hydrogens (tertiary/aromatic N) is 1. The third kappa shape index (κ3) is 5.20. The van der Waals surface area contributed by atoms with Crippen molar-refractivity contribution in [1.29, 1.82) is 0 Å². The van der Waals surface area contributed by atoms with Gasteiger partial charge in [-0.15, -0.1) is 0 Å². The van der Waals surface area contributed by atoms with Crippen molar-refractivity contribution in [1.82, 2.24) is 5.32 Å². The highest BCUT2D eigenvalue weighted by molar-refractivity contribution is 8.18. The van der Waals surface area contributed by atoms with E-state index in [0.717, 1.165) is 11.8 Å². The van der Waals surface area contributed by atoms with Gasteiger partial charge in [0.2, 0.25) is 0 Å². The number of esters is 1. The van der Waals surface area contributed by atoms with Crippen LogP contribution < -0.4 is 10.1 Å². The van der Waals surface area contributed by atoms with E-state index in [1.54, 1.807) is 37.3 Å². The number of rotatable bonds is 6. The number of benzene rings is 2. The van der Waals surface area contributed by atoms with Crippen molar-refractivity contribution in [3.8, 4) is 5.75 Å². The minimum Gasteiger partial charge on any atom is -0.481 e. The van der Waals surface area contributed by atoms with Crippen LogP contribution in [0.2, 0.25) is 0 Å². The van der Waals surface area contributed by atoms with E-state index in [9.17, 15) is 14.0 Å². The Labute approximate surface area is 165 Å². The van der Waals surface area contributed by atoms with Gasteiger partial charge >= 0.3 is 5.97 Å². The van der Waals surface area contributed by atoms with Gasteiger partial charge < -0.3 is 14.8 Å². The lowest BCUT2D eigenvalue weighted by Crippen LogP contribution is -2.19. The van der Waals surface area contributed by atoms with Gasteiger partial charge in [-0.25, -0.2) is 14.2 Å². The van der Waals surface area contributed by atoms with Gasteiger partial charge in [-0.1, -0.05) is 18.2 Å². The summed E-state index contributed by atoms with van der Waals surface area (Å²) in [5, 5.41) is 3.07. The molecule has 3 rings (SSSR count). The molecule has 144 valence electrons. The summed E-state index contributed by atoms with van der Waals surface area (Å²) in [6, 6.07) is 12.7. The maximum atomic E-state index is 13.0. The largest absolute Gasteiger partial charge is 0.481 e. The highest BCUT2D eigenvalue weighted by Gasteiger charge is 2.24. The van der Waals surface area contributed by atoms with Crippen LogP contribution in [0.15, 0.2) is 58.4 Å². The molecule has 1 amide bonds. The van der Waals surface area contributed by atoms with E-state index in [2.05, 4.69) is 10.3 Å². The smallest absolute Gasteiger partial charge is 0.344 e. The number of ether oxygens (including phenoxy) is 2. The number of aliphatic imine (C=N–C) groups is 1. The Kier molecular flexibility index (Phi) is 6.44. The van der Waals surface area contributed by atoms with E-state index in [1.807, 2.05) is 0 Å². The zero-order valence-electron chi connectivity index (χ0n) is 15.0. The SMILES string of the molecule is CCOC(=O)COc1ccccc1/C=C1/SC(=Nc2ccc(F)cc2)NC1=O. The molecule has 0 aromatic heterocycles. The van der Waals surface area contributed by atoms with Crippen LogP contribution in [0.1, 0.15) is 12.5 Å². The molecule has 1 saturated heterocycles. The van der Waals surface area contributed by atoms with Gasteiger partial charge in [0.1, 0.15) is 11.6 Å². The van der Waals surface area contributed by atoms with Crippen LogP contribution in [-0.4, -0.2) is 30.3 Å². The summed E-state index contributed by atoms with van der Waals surface area (Å²) in [5.41, 5.74) is 1.18.